The summed E-state index contributed by atoms with van der Waals surface area (Å²) in [7, 11) is 1.76. The van der Waals surface area contributed by atoms with Crippen molar-refractivity contribution in [1.29, 1.82) is 0 Å². The number of amides is 2. The van der Waals surface area contributed by atoms with Gasteiger partial charge in [0.1, 0.15) is 5.69 Å². The number of para-hydroxylation sites is 1. The van der Waals surface area contributed by atoms with Gasteiger partial charge >= 0.3 is 0 Å². The molecule has 2 aromatic rings. The Hall–Kier alpha value is -2.52. The van der Waals surface area contributed by atoms with Crippen molar-refractivity contribution >= 4 is 28.6 Å². The van der Waals surface area contributed by atoms with Gasteiger partial charge in [0.15, 0.2) is 0 Å². The first-order valence-corrected chi connectivity index (χ1v) is 9.61. The molecule has 0 bridgehead atoms. The standard InChI is InChI=1S/C18H22N4O4S/c1-13-16(17(24)22(20(13)2)14-6-4-3-5-7-14)19-15(23)12-27-18(25)21-8-10-26-11-9-21/h3-7H,8-12H2,1-2H3,(H,19,23). The average molecular weight is 390 g/mol. The van der Waals surface area contributed by atoms with Gasteiger partial charge in [-0.2, -0.15) is 0 Å². The summed E-state index contributed by atoms with van der Waals surface area (Å²) in [5, 5.41) is 2.51. The van der Waals surface area contributed by atoms with Crippen LogP contribution in [0.15, 0.2) is 35.1 Å². The van der Waals surface area contributed by atoms with Crippen LogP contribution in [-0.2, 0) is 16.6 Å². The van der Waals surface area contributed by atoms with Gasteiger partial charge in [-0.3, -0.25) is 19.1 Å². The average Bonchev–Trinajstić information content (AvgIpc) is 2.90. The Labute approximate surface area is 161 Å². The highest BCUT2D eigenvalue weighted by molar-refractivity contribution is 8.14. The number of hydrogen-bond donors (Lipinski definition) is 1. The molecule has 1 N–H and O–H groups in total. The van der Waals surface area contributed by atoms with Crippen LogP contribution in [0.3, 0.4) is 0 Å². The van der Waals surface area contributed by atoms with Gasteiger partial charge in [0.2, 0.25) is 5.91 Å². The Morgan fingerprint density at radius 2 is 1.85 bits per heavy atom. The van der Waals surface area contributed by atoms with Crippen molar-refractivity contribution in [2.75, 3.05) is 37.4 Å². The minimum Gasteiger partial charge on any atom is -0.378 e. The molecular formula is C18H22N4O4S. The second-order valence-corrected chi connectivity index (χ2v) is 7.07. The molecule has 0 unspecified atom stereocenters. The Kier molecular flexibility index (Phi) is 6.02. The number of carbonyl (C=O) groups is 2. The molecule has 144 valence electrons. The highest BCUT2D eigenvalue weighted by Gasteiger charge is 2.21. The molecule has 9 heteroatoms. The van der Waals surface area contributed by atoms with Crippen LogP contribution >= 0.6 is 11.8 Å². The van der Waals surface area contributed by atoms with Crippen molar-refractivity contribution < 1.29 is 14.3 Å². The molecule has 8 nitrogen and oxygen atoms in total. The molecule has 1 saturated heterocycles. The normalized spacial score (nSPS) is 14.2. The van der Waals surface area contributed by atoms with Crippen LogP contribution in [-0.4, -0.2) is 57.5 Å². The number of hydrogen-bond acceptors (Lipinski definition) is 5. The maximum atomic E-state index is 12.8. The lowest BCUT2D eigenvalue weighted by Crippen LogP contribution is -2.39. The molecule has 1 aromatic heterocycles. The predicted molar refractivity (Wildman–Crippen MR) is 105 cm³/mol. The minimum absolute atomic E-state index is 0.0463. The van der Waals surface area contributed by atoms with Gasteiger partial charge < -0.3 is 15.0 Å². The van der Waals surface area contributed by atoms with E-state index in [1.807, 2.05) is 30.3 Å². The molecule has 1 fully saturated rings. The number of carbonyl (C=O) groups excluding carboxylic acids is 2. The summed E-state index contributed by atoms with van der Waals surface area (Å²) in [5.74, 6) is -0.428. The van der Waals surface area contributed by atoms with Crippen molar-refractivity contribution in [2.24, 2.45) is 7.05 Å². The van der Waals surface area contributed by atoms with Crippen LogP contribution in [0.1, 0.15) is 5.69 Å². The number of anilines is 1. The highest BCUT2D eigenvalue weighted by atomic mass is 32.2. The van der Waals surface area contributed by atoms with Crippen molar-refractivity contribution in [1.82, 2.24) is 14.3 Å². The monoisotopic (exact) mass is 390 g/mol. The first-order chi connectivity index (χ1) is 13.0. The van der Waals surface area contributed by atoms with E-state index in [-0.39, 0.29) is 28.1 Å². The summed E-state index contributed by atoms with van der Waals surface area (Å²) in [6, 6.07) is 9.20. The zero-order valence-corrected chi connectivity index (χ0v) is 16.1. The van der Waals surface area contributed by atoms with Gasteiger partial charge in [0, 0.05) is 20.1 Å². The molecule has 0 atom stereocenters. The summed E-state index contributed by atoms with van der Waals surface area (Å²) >= 11 is 0.933. The predicted octanol–water partition coefficient (Wildman–Crippen LogP) is 1.61. The van der Waals surface area contributed by atoms with Gasteiger partial charge in [-0.15, -0.1) is 0 Å². The quantitative estimate of drug-likeness (QED) is 0.857. The third-order valence-corrected chi connectivity index (χ3v) is 5.33. The lowest BCUT2D eigenvalue weighted by molar-refractivity contribution is -0.113. The van der Waals surface area contributed by atoms with Crippen LogP contribution < -0.4 is 10.9 Å². The molecule has 2 amide bonds. The fourth-order valence-electron chi connectivity index (χ4n) is 2.85. The van der Waals surface area contributed by atoms with E-state index < -0.39 is 0 Å². The number of nitrogens with zero attached hydrogens (tertiary/aromatic N) is 3. The van der Waals surface area contributed by atoms with Crippen molar-refractivity contribution in [3.63, 3.8) is 0 Å². The van der Waals surface area contributed by atoms with E-state index in [4.69, 9.17) is 4.74 Å². The van der Waals surface area contributed by atoms with E-state index >= 15 is 0 Å². The molecule has 0 spiro atoms. The molecule has 2 heterocycles. The van der Waals surface area contributed by atoms with Gasteiger partial charge in [0.25, 0.3) is 10.8 Å². The Balaban J connectivity index is 1.68. The zero-order valence-electron chi connectivity index (χ0n) is 15.3. The van der Waals surface area contributed by atoms with Crippen molar-refractivity contribution in [3.05, 3.63) is 46.4 Å². The van der Waals surface area contributed by atoms with Gasteiger partial charge in [-0.1, -0.05) is 30.0 Å². The molecule has 27 heavy (non-hydrogen) atoms. The number of benzene rings is 1. The molecule has 1 aliphatic rings. The summed E-state index contributed by atoms with van der Waals surface area (Å²) in [4.78, 5) is 38.8. The van der Waals surface area contributed by atoms with Crippen LogP contribution in [0, 0.1) is 6.92 Å². The highest BCUT2D eigenvalue weighted by Crippen LogP contribution is 2.15. The van der Waals surface area contributed by atoms with Gasteiger partial charge in [0.05, 0.1) is 30.3 Å². The summed E-state index contributed by atoms with van der Waals surface area (Å²) < 4.78 is 8.40. The van der Waals surface area contributed by atoms with Crippen molar-refractivity contribution in [2.45, 2.75) is 6.92 Å². The lowest BCUT2D eigenvalue weighted by atomic mass is 10.3. The topological polar surface area (TPSA) is 85.6 Å². The number of aromatic nitrogens is 2. The second kappa shape index (κ2) is 8.45. The van der Waals surface area contributed by atoms with E-state index in [1.165, 1.54) is 4.68 Å². The third-order valence-electron chi connectivity index (χ3n) is 4.41. The maximum Gasteiger partial charge on any atom is 0.295 e. The van der Waals surface area contributed by atoms with E-state index in [0.29, 0.717) is 37.7 Å². The molecule has 0 saturated carbocycles. The lowest BCUT2D eigenvalue weighted by Gasteiger charge is -2.26. The first kappa shape index (κ1) is 19.2. The number of morpholine rings is 1. The van der Waals surface area contributed by atoms with E-state index in [0.717, 1.165) is 11.8 Å². The van der Waals surface area contributed by atoms with Crippen LogP contribution in [0.4, 0.5) is 10.5 Å². The summed E-state index contributed by atoms with van der Waals surface area (Å²) in [6.45, 7) is 3.87. The maximum absolute atomic E-state index is 12.8. The number of nitrogens with one attached hydrogen (secondary N) is 1. The minimum atomic E-state index is -0.382. The fraction of sp³-hybridized carbons (Fsp3) is 0.389. The molecule has 0 aliphatic carbocycles. The Morgan fingerprint density at radius 1 is 1.19 bits per heavy atom. The molecule has 3 rings (SSSR count). The van der Waals surface area contributed by atoms with Crippen LogP contribution in [0.5, 0.6) is 0 Å². The number of thioether (sulfide) groups is 1. The van der Waals surface area contributed by atoms with E-state index in [9.17, 15) is 14.4 Å². The van der Waals surface area contributed by atoms with Crippen molar-refractivity contribution in [3.8, 4) is 5.69 Å². The van der Waals surface area contributed by atoms with Gasteiger partial charge in [-0.25, -0.2) is 4.68 Å². The van der Waals surface area contributed by atoms with Crippen LogP contribution in [0.2, 0.25) is 0 Å². The Bertz CT molecular complexity index is 885. The molecule has 1 aromatic carbocycles. The van der Waals surface area contributed by atoms with E-state index in [1.54, 1.807) is 23.6 Å². The molecular weight excluding hydrogens is 368 g/mol. The first-order valence-electron chi connectivity index (χ1n) is 8.62. The number of rotatable bonds is 4. The van der Waals surface area contributed by atoms with E-state index in [2.05, 4.69) is 5.32 Å². The zero-order chi connectivity index (χ0) is 19.4. The fourth-order valence-corrected chi connectivity index (χ4v) is 3.54. The van der Waals surface area contributed by atoms with Gasteiger partial charge in [-0.05, 0) is 19.1 Å². The summed E-state index contributed by atoms with van der Waals surface area (Å²) in [6.07, 6.45) is 0. The molecule has 1 aliphatic heterocycles. The largest absolute Gasteiger partial charge is 0.378 e. The second-order valence-electron chi connectivity index (χ2n) is 6.14. The summed E-state index contributed by atoms with van der Waals surface area (Å²) in [5.41, 5.74) is 1.28. The SMILES string of the molecule is Cc1c(NC(=O)CSC(=O)N2CCOCC2)c(=O)n(-c2ccccc2)n1C. The smallest absolute Gasteiger partial charge is 0.295 e. The number of ether oxygens (including phenoxy) is 1. The Morgan fingerprint density at radius 3 is 2.52 bits per heavy atom. The van der Waals surface area contributed by atoms with Crippen LogP contribution in [0.25, 0.3) is 5.69 Å². The molecule has 0 radical (unpaired) electrons. The third kappa shape index (κ3) is 4.25.